The molecule has 0 fully saturated rings. The molecule has 23 heavy (non-hydrogen) atoms. The highest BCUT2D eigenvalue weighted by Crippen LogP contribution is 2.20. The summed E-state index contributed by atoms with van der Waals surface area (Å²) in [6.45, 7) is 8.35. The molecule has 1 aliphatic rings. The lowest BCUT2D eigenvalue weighted by atomic mass is 10.2. The van der Waals surface area contributed by atoms with Gasteiger partial charge in [-0.05, 0) is 31.9 Å². The van der Waals surface area contributed by atoms with E-state index < -0.39 is 0 Å². The van der Waals surface area contributed by atoms with E-state index in [-0.39, 0.29) is 0 Å². The van der Waals surface area contributed by atoms with Gasteiger partial charge in [-0.1, -0.05) is 0 Å². The Kier molecular flexibility index (Phi) is 3.49. The smallest absolute Gasteiger partial charge is 0.139 e. The van der Waals surface area contributed by atoms with E-state index >= 15 is 0 Å². The molecule has 0 saturated heterocycles. The van der Waals surface area contributed by atoms with Gasteiger partial charge in [-0.25, -0.2) is 9.66 Å². The van der Waals surface area contributed by atoms with E-state index in [0.717, 1.165) is 32.6 Å². The van der Waals surface area contributed by atoms with Gasteiger partial charge in [-0.2, -0.15) is 0 Å². The first kappa shape index (κ1) is 14.2. The minimum atomic E-state index is 0.951. The van der Waals surface area contributed by atoms with E-state index in [9.17, 15) is 0 Å². The van der Waals surface area contributed by atoms with Crippen LogP contribution in [0, 0.1) is 13.8 Å². The molecule has 0 aromatic carbocycles. The first-order chi connectivity index (χ1) is 11.2. The molecule has 4 heterocycles. The van der Waals surface area contributed by atoms with Crippen LogP contribution in [0.1, 0.15) is 29.1 Å². The van der Waals surface area contributed by atoms with E-state index in [2.05, 4.69) is 49.2 Å². The molecule has 0 aliphatic carbocycles. The molecule has 0 amide bonds. The van der Waals surface area contributed by atoms with Crippen molar-refractivity contribution in [2.24, 2.45) is 0 Å². The molecule has 3 aromatic rings. The van der Waals surface area contributed by atoms with E-state index in [1.165, 1.54) is 22.6 Å². The molecule has 0 N–H and O–H groups in total. The van der Waals surface area contributed by atoms with Crippen molar-refractivity contribution in [2.45, 2.75) is 39.9 Å². The maximum absolute atomic E-state index is 4.27. The molecule has 0 radical (unpaired) electrons. The van der Waals surface area contributed by atoms with Crippen molar-refractivity contribution in [1.82, 2.24) is 34.0 Å². The van der Waals surface area contributed by atoms with Crippen LogP contribution < -0.4 is 0 Å². The molecule has 0 bridgehead atoms. The monoisotopic (exact) mass is 311 g/mol. The highest BCUT2D eigenvalue weighted by molar-refractivity contribution is 5.27. The van der Waals surface area contributed by atoms with Crippen molar-refractivity contribution in [3.63, 3.8) is 0 Å². The molecule has 0 unspecified atom stereocenters. The summed E-state index contributed by atoms with van der Waals surface area (Å²) in [7, 11) is 0. The second kappa shape index (κ2) is 5.66. The average molecular weight is 311 g/mol. The lowest BCUT2D eigenvalue weighted by Crippen LogP contribution is -2.23. The normalized spacial score (nSPS) is 15.6. The number of aryl methyl sites for hydroxylation is 2. The number of rotatable bonds is 3. The highest BCUT2D eigenvalue weighted by atomic mass is 15.5. The number of imidazole rings is 1. The van der Waals surface area contributed by atoms with Gasteiger partial charge in [-0.15, -0.1) is 10.2 Å². The molecule has 120 valence electrons. The van der Waals surface area contributed by atoms with Crippen LogP contribution in [-0.4, -0.2) is 40.5 Å². The molecule has 0 spiro atoms. The third-order valence-corrected chi connectivity index (χ3v) is 4.59. The van der Waals surface area contributed by atoms with E-state index in [0.29, 0.717) is 0 Å². The van der Waals surface area contributed by atoms with Crippen molar-refractivity contribution in [1.29, 1.82) is 0 Å². The zero-order valence-corrected chi connectivity index (χ0v) is 13.6. The van der Waals surface area contributed by atoms with Crippen molar-refractivity contribution < 1.29 is 0 Å². The van der Waals surface area contributed by atoms with Crippen molar-refractivity contribution in [3.8, 4) is 0 Å². The van der Waals surface area contributed by atoms with Crippen LogP contribution in [0.25, 0.3) is 0 Å². The second-order valence-corrected chi connectivity index (χ2v) is 6.19. The quantitative estimate of drug-likeness (QED) is 0.737. The highest BCUT2D eigenvalue weighted by Gasteiger charge is 2.17. The minimum absolute atomic E-state index is 0.951. The third kappa shape index (κ3) is 2.57. The zero-order chi connectivity index (χ0) is 15.8. The van der Waals surface area contributed by atoms with Crippen LogP contribution in [0.2, 0.25) is 0 Å². The van der Waals surface area contributed by atoms with Gasteiger partial charge in [0.05, 0.1) is 12.0 Å². The largest absolute Gasteiger partial charge is 0.333 e. The lowest BCUT2D eigenvalue weighted by molar-refractivity contribution is 0.260. The molecular formula is C16H21N7. The molecule has 7 nitrogen and oxygen atoms in total. The van der Waals surface area contributed by atoms with Crippen molar-refractivity contribution >= 4 is 0 Å². The van der Waals surface area contributed by atoms with Crippen LogP contribution in [0.3, 0.4) is 0 Å². The Labute approximate surface area is 135 Å². The summed E-state index contributed by atoms with van der Waals surface area (Å²) in [6, 6.07) is 2.26. The second-order valence-electron chi connectivity index (χ2n) is 6.19. The fourth-order valence-corrected chi connectivity index (χ4v) is 3.46. The maximum atomic E-state index is 4.27. The Balaban J connectivity index is 1.59. The fraction of sp³-hybridized carbons (Fsp3) is 0.438. The summed E-state index contributed by atoms with van der Waals surface area (Å²) in [5.74, 6) is 0. The number of nitrogens with zero attached hydrogens (tertiary/aromatic N) is 7. The summed E-state index contributed by atoms with van der Waals surface area (Å²) >= 11 is 0. The Hall–Kier alpha value is -2.41. The minimum Gasteiger partial charge on any atom is -0.333 e. The summed E-state index contributed by atoms with van der Waals surface area (Å²) in [5, 5.41) is 7.82. The van der Waals surface area contributed by atoms with Crippen molar-refractivity contribution in [3.05, 3.63) is 53.9 Å². The Bertz CT molecular complexity index is 797. The third-order valence-electron chi connectivity index (χ3n) is 4.59. The molecule has 3 aromatic heterocycles. The molecule has 0 atom stereocenters. The summed E-state index contributed by atoms with van der Waals surface area (Å²) < 4.78 is 6.34. The number of fused-ring (bicyclic) bond motifs is 1. The predicted molar refractivity (Wildman–Crippen MR) is 85.7 cm³/mol. The molecule has 0 saturated carbocycles. The molecule has 1 aliphatic heterocycles. The summed E-state index contributed by atoms with van der Waals surface area (Å²) in [6.07, 6.45) is 8.55. The summed E-state index contributed by atoms with van der Waals surface area (Å²) in [5.41, 5.74) is 5.08. The Morgan fingerprint density at radius 3 is 2.74 bits per heavy atom. The van der Waals surface area contributed by atoms with Crippen LogP contribution in [-0.2, 0) is 19.6 Å². The number of hydrogen-bond acceptors (Lipinski definition) is 4. The molecule has 7 heteroatoms. The van der Waals surface area contributed by atoms with Gasteiger partial charge in [0.1, 0.15) is 12.7 Å². The van der Waals surface area contributed by atoms with Gasteiger partial charge in [0.25, 0.3) is 0 Å². The van der Waals surface area contributed by atoms with Gasteiger partial charge in [0.2, 0.25) is 0 Å². The Morgan fingerprint density at radius 1 is 1.09 bits per heavy atom. The molecule has 4 rings (SSSR count). The Morgan fingerprint density at radius 2 is 1.91 bits per heavy atom. The first-order valence-electron chi connectivity index (χ1n) is 7.97. The van der Waals surface area contributed by atoms with Gasteiger partial charge in [-0.3, -0.25) is 9.58 Å². The zero-order valence-electron chi connectivity index (χ0n) is 13.6. The molecular weight excluding hydrogens is 290 g/mol. The SMILES string of the molecule is Cc1cc(CN2CCCn3cncc3C2)c(C)n1-n1cnnc1. The van der Waals surface area contributed by atoms with Crippen molar-refractivity contribution in [2.75, 3.05) is 6.54 Å². The summed E-state index contributed by atoms with van der Waals surface area (Å²) in [4.78, 5) is 6.77. The first-order valence-corrected chi connectivity index (χ1v) is 7.97. The fourth-order valence-electron chi connectivity index (χ4n) is 3.46. The van der Waals surface area contributed by atoms with E-state index in [1.807, 2.05) is 17.2 Å². The number of hydrogen-bond donors (Lipinski definition) is 0. The average Bonchev–Trinajstić information content (AvgIpc) is 3.21. The van der Waals surface area contributed by atoms with Crippen LogP contribution in [0.5, 0.6) is 0 Å². The van der Waals surface area contributed by atoms with Crippen LogP contribution in [0.15, 0.2) is 31.2 Å². The standard InChI is InChI=1S/C16H21N7/c1-13-6-15(14(2)23(13)22-11-18-19-12-22)8-20-4-3-5-21-10-17-7-16(21)9-20/h6-7,10-12H,3-5,8-9H2,1-2H3. The van der Waals surface area contributed by atoms with Crippen LogP contribution in [0.4, 0.5) is 0 Å². The van der Waals surface area contributed by atoms with Gasteiger partial charge in [0.15, 0.2) is 0 Å². The van der Waals surface area contributed by atoms with E-state index in [4.69, 9.17) is 0 Å². The lowest BCUT2D eigenvalue weighted by Gasteiger charge is -2.19. The van der Waals surface area contributed by atoms with E-state index in [1.54, 1.807) is 12.7 Å². The van der Waals surface area contributed by atoms with Crippen LogP contribution >= 0.6 is 0 Å². The van der Waals surface area contributed by atoms with Gasteiger partial charge >= 0.3 is 0 Å². The maximum Gasteiger partial charge on any atom is 0.139 e. The predicted octanol–water partition coefficient (Wildman–Crippen LogP) is 1.61. The van der Waals surface area contributed by atoms with Gasteiger partial charge in [0, 0.05) is 43.8 Å². The topological polar surface area (TPSA) is 56.7 Å². The number of aromatic nitrogens is 6. The van der Waals surface area contributed by atoms with Gasteiger partial charge < -0.3 is 4.57 Å².